The first-order chi connectivity index (χ1) is 18.9. The van der Waals surface area contributed by atoms with E-state index in [1.165, 1.54) is 6.08 Å². The van der Waals surface area contributed by atoms with E-state index in [0.29, 0.717) is 18.9 Å². The van der Waals surface area contributed by atoms with Crippen molar-refractivity contribution in [2.24, 2.45) is 0 Å². The molecule has 3 aromatic carbocycles. The maximum absolute atomic E-state index is 13.5. The van der Waals surface area contributed by atoms with Gasteiger partial charge in [0.1, 0.15) is 5.75 Å². The number of hydrogen-bond donors (Lipinski definition) is 2. The van der Waals surface area contributed by atoms with Gasteiger partial charge in [-0.25, -0.2) is 0 Å². The van der Waals surface area contributed by atoms with Crippen molar-refractivity contribution in [3.8, 4) is 5.75 Å². The number of methoxy groups -OCH3 is 1. The monoisotopic (exact) mass is 520 g/mol. The van der Waals surface area contributed by atoms with Gasteiger partial charge in [-0.3, -0.25) is 9.59 Å². The van der Waals surface area contributed by atoms with Crippen LogP contribution in [0, 0.1) is 0 Å². The second-order valence-electron chi connectivity index (χ2n) is 10.1. The molecule has 1 amide bonds. The Hall–Kier alpha value is -4.58. The predicted octanol–water partition coefficient (Wildman–Crippen LogP) is 6.52. The first kappa shape index (κ1) is 26.0. The van der Waals surface area contributed by atoms with Crippen molar-refractivity contribution in [3.63, 3.8) is 0 Å². The lowest BCUT2D eigenvalue weighted by Gasteiger charge is -2.27. The number of ketones is 1. The molecule has 0 saturated heterocycles. The van der Waals surface area contributed by atoms with E-state index in [2.05, 4.69) is 18.8 Å². The molecule has 6 nitrogen and oxygen atoms in total. The summed E-state index contributed by atoms with van der Waals surface area (Å²) in [7, 11) is 1.63. The molecule has 1 aliphatic heterocycles. The maximum atomic E-state index is 13.5. The lowest BCUT2D eigenvalue weighted by molar-refractivity contribution is -0.129. The Labute approximate surface area is 228 Å². The van der Waals surface area contributed by atoms with Crippen LogP contribution in [-0.2, 0) is 16.0 Å². The summed E-state index contributed by atoms with van der Waals surface area (Å²) in [5, 5.41) is 12.0. The largest absolute Gasteiger partial charge is 0.503 e. The Morgan fingerprint density at radius 1 is 1.08 bits per heavy atom. The zero-order valence-electron chi connectivity index (χ0n) is 22.3. The molecule has 198 valence electrons. The highest BCUT2D eigenvalue weighted by Crippen LogP contribution is 2.39. The third-order valence-corrected chi connectivity index (χ3v) is 7.31. The Kier molecular flexibility index (Phi) is 7.37. The predicted molar refractivity (Wildman–Crippen MR) is 154 cm³/mol. The number of aliphatic hydroxyl groups is 1. The molecular weight excluding hydrogens is 488 g/mol. The number of ether oxygens (including phenoxy) is 1. The van der Waals surface area contributed by atoms with Crippen LogP contribution < -0.4 is 4.74 Å². The molecule has 2 N–H and O–H groups in total. The van der Waals surface area contributed by atoms with Crippen molar-refractivity contribution < 1.29 is 19.4 Å². The fraction of sp³-hybridized carbons (Fsp3) is 0.212. The van der Waals surface area contributed by atoms with E-state index >= 15 is 0 Å². The normalized spacial score (nSPS) is 15.7. The van der Waals surface area contributed by atoms with Crippen LogP contribution in [-0.4, -0.2) is 40.3 Å². The Morgan fingerprint density at radius 3 is 2.51 bits per heavy atom. The SMILES string of the molecule is COc1ccc2[nH]cc(CCN3C(=O)C(O)=C(C(=O)/C=C/c4ccccc4)[C@H]3c3ccc(C(C)C)cc3)c2c1. The van der Waals surface area contributed by atoms with E-state index in [1.807, 2.05) is 79.0 Å². The van der Waals surface area contributed by atoms with Gasteiger partial charge in [0.25, 0.3) is 5.91 Å². The number of aromatic amines is 1. The molecule has 0 spiro atoms. The Balaban J connectivity index is 1.48. The second kappa shape index (κ2) is 11.0. The summed E-state index contributed by atoms with van der Waals surface area (Å²) in [4.78, 5) is 31.7. The van der Waals surface area contributed by atoms with Gasteiger partial charge in [0.05, 0.1) is 18.7 Å². The third kappa shape index (κ3) is 5.23. The summed E-state index contributed by atoms with van der Waals surface area (Å²) in [6, 6.07) is 22.5. The van der Waals surface area contributed by atoms with E-state index in [1.54, 1.807) is 18.1 Å². The summed E-state index contributed by atoms with van der Waals surface area (Å²) in [6.45, 7) is 4.56. The van der Waals surface area contributed by atoms with Crippen LogP contribution in [0.3, 0.4) is 0 Å². The zero-order chi connectivity index (χ0) is 27.5. The molecule has 1 aromatic heterocycles. The molecule has 0 fully saturated rings. The first-order valence-corrected chi connectivity index (χ1v) is 13.1. The van der Waals surface area contributed by atoms with Crippen molar-refractivity contribution in [1.29, 1.82) is 0 Å². The van der Waals surface area contributed by atoms with Gasteiger partial charge < -0.3 is 19.7 Å². The standard InChI is InChI=1S/C33H32N2O4/c1-21(2)23-10-12-24(13-11-23)31-30(29(36)16-9-22-7-5-4-6-8-22)32(37)33(38)35(31)18-17-25-20-34-28-15-14-26(39-3)19-27(25)28/h4-16,19-21,31,34,37H,17-18H2,1-3H3/b16-9+/t31-/m1/s1. The molecule has 0 radical (unpaired) electrons. The van der Waals surface area contributed by atoms with Crippen molar-refractivity contribution in [1.82, 2.24) is 9.88 Å². The van der Waals surface area contributed by atoms with Crippen molar-refractivity contribution in [2.45, 2.75) is 32.2 Å². The fourth-order valence-electron chi connectivity index (χ4n) is 5.10. The van der Waals surface area contributed by atoms with Crippen LogP contribution in [0.25, 0.3) is 17.0 Å². The number of hydrogen-bond acceptors (Lipinski definition) is 4. The van der Waals surface area contributed by atoms with Crippen LogP contribution in [0.5, 0.6) is 5.75 Å². The molecule has 4 aromatic rings. The van der Waals surface area contributed by atoms with Crippen LogP contribution >= 0.6 is 0 Å². The molecule has 0 aliphatic carbocycles. The van der Waals surface area contributed by atoms with Crippen LogP contribution in [0.15, 0.2) is 96.4 Å². The lowest BCUT2D eigenvalue weighted by atomic mass is 9.93. The van der Waals surface area contributed by atoms with E-state index in [0.717, 1.165) is 38.9 Å². The summed E-state index contributed by atoms with van der Waals surface area (Å²) in [5.74, 6) is -0.320. The van der Waals surface area contributed by atoms with Gasteiger partial charge in [-0.2, -0.15) is 0 Å². The third-order valence-electron chi connectivity index (χ3n) is 7.31. The number of nitrogens with one attached hydrogen (secondary N) is 1. The minimum atomic E-state index is -0.689. The van der Waals surface area contributed by atoms with Crippen LogP contribution in [0.2, 0.25) is 0 Å². The number of aromatic nitrogens is 1. The van der Waals surface area contributed by atoms with Gasteiger partial charge in [0, 0.05) is 23.6 Å². The number of benzene rings is 3. The number of H-pyrrole nitrogens is 1. The minimum absolute atomic E-state index is 0.102. The van der Waals surface area contributed by atoms with E-state index in [-0.39, 0.29) is 11.4 Å². The van der Waals surface area contributed by atoms with Gasteiger partial charge in [-0.1, -0.05) is 74.5 Å². The Bertz CT molecular complexity index is 1560. The number of rotatable bonds is 9. The number of nitrogens with zero attached hydrogens (tertiary/aromatic N) is 1. The van der Waals surface area contributed by atoms with E-state index in [9.17, 15) is 14.7 Å². The average molecular weight is 521 g/mol. The highest BCUT2D eigenvalue weighted by Gasteiger charge is 2.42. The van der Waals surface area contributed by atoms with Gasteiger partial charge in [-0.15, -0.1) is 0 Å². The highest BCUT2D eigenvalue weighted by atomic mass is 16.5. The number of allylic oxidation sites excluding steroid dienone is 1. The van der Waals surface area contributed by atoms with Crippen molar-refractivity contribution >= 4 is 28.7 Å². The molecule has 0 bridgehead atoms. The fourth-order valence-corrected chi connectivity index (χ4v) is 5.10. The lowest BCUT2D eigenvalue weighted by Crippen LogP contribution is -2.33. The first-order valence-electron chi connectivity index (χ1n) is 13.1. The number of aliphatic hydroxyl groups excluding tert-OH is 1. The smallest absolute Gasteiger partial charge is 0.290 e. The molecule has 0 unspecified atom stereocenters. The van der Waals surface area contributed by atoms with Gasteiger partial charge in [0.2, 0.25) is 0 Å². The van der Waals surface area contributed by atoms with Crippen LogP contribution in [0.1, 0.15) is 48.1 Å². The molecule has 2 heterocycles. The summed E-state index contributed by atoms with van der Waals surface area (Å²) in [5.41, 5.74) is 4.90. The van der Waals surface area contributed by atoms with Crippen LogP contribution in [0.4, 0.5) is 0 Å². The molecule has 5 rings (SSSR count). The summed E-state index contributed by atoms with van der Waals surface area (Å²) >= 11 is 0. The molecule has 6 heteroatoms. The maximum Gasteiger partial charge on any atom is 0.290 e. The zero-order valence-corrected chi connectivity index (χ0v) is 22.3. The van der Waals surface area contributed by atoms with E-state index < -0.39 is 17.7 Å². The van der Waals surface area contributed by atoms with Crippen molar-refractivity contribution in [3.05, 3.63) is 119 Å². The quantitative estimate of drug-likeness (QED) is 0.246. The molecular formula is C33H32N2O4. The summed E-state index contributed by atoms with van der Waals surface area (Å²) < 4.78 is 5.39. The Morgan fingerprint density at radius 2 is 1.82 bits per heavy atom. The minimum Gasteiger partial charge on any atom is -0.503 e. The van der Waals surface area contributed by atoms with E-state index in [4.69, 9.17) is 4.74 Å². The molecule has 39 heavy (non-hydrogen) atoms. The van der Waals surface area contributed by atoms with Crippen molar-refractivity contribution in [2.75, 3.05) is 13.7 Å². The number of carbonyl (C=O) groups is 2. The van der Waals surface area contributed by atoms with Gasteiger partial charge in [-0.05, 0) is 58.9 Å². The summed E-state index contributed by atoms with van der Waals surface area (Å²) in [6.07, 6.45) is 5.60. The number of carbonyl (C=O) groups excluding carboxylic acids is 2. The topological polar surface area (TPSA) is 82.6 Å². The van der Waals surface area contributed by atoms with Gasteiger partial charge in [0.15, 0.2) is 11.5 Å². The molecule has 1 atom stereocenters. The van der Waals surface area contributed by atoms with Gasteiger partial charge >= 0.3 is 0 Å². The molecule has 1 aliphatic rings. The second-order valence-corrected chi connectivity index (χ2v) is 10.1. The number of amides is 1. The molecule has 0 saturated carbocycles. The average Bonchev–Trinajstić information content (AvgIpc) is 3.48. The highest BCUT2D eigenvalue weighted by molar-refractivity contribution is 6.14. The number of fused-ring (bicyclic) bond motifs is 1.